The lowest BCUT2D eigenvalue weighted by Crippen LogP contribution is -2.39. The van der Waals surface area contributed by atoms with E-state index in [1.807, 2.05) is 43.6 Å². The molecule has 7 heteroatoms. The molecule has 0 saturated carbocycles. The van der Waals surface area contributed by atoms with Crippen LogP contribution in [0.2, 0.25) is 0 Å². The first kappa shape index (κ1) is 16.8. The van der Waals surface area contributed by atoms with Crippen molar-refractivity contribution in [2.75, 3.05) is 25.2 Å². The van der Waals surface area contributed by atoms with Crippen LogP contribution >= 0.6 is 15.9 Å². The van der Waals surface area contributed by atoms with E-state index in [0.29, 0.717) is 24.5 Å². The average molecular weight is 370 g/mol. The van der Waals surface area contributed by atoms with E-state index < -0.39 is 11.7 Å². The maximum atomic E-state index is 12.5. The van der Waals surface area contributed by atoms with Crippen molar-refractivity contribution in [1.29, 1.82) is 0 Å². The number of pyridine rings is 1. The van der Waals surface area contributed by atoms with E-state index in [9.17, 15) is 4.79 Å². The summed E-state index contributed by atoms with van der Waals surface area (Å²) >= 11 is 3.46. The van der Waals surface area contributed by atoms with Crippen LogP contribution < -0.4 is 4.90 Å². The Morgan fingerprint density at radius 1 is 1.45 bits per heavy atom. The van der Waals surface area contributed by atoms with Gasteiger partial charge in [0.15, 0.2) is 5.65 Å². The van der Waals surface area contributed by atoms with Crippen molar-refractivity contribution in [1.82, 2.24) is 9.38 Å². The van der Waals surface area contributed by atoms with Crippen molar-refractivity contribution in [3.63, 3.8) is 0 Å². The minimum absolute atomic E-state index is 0.379. The van der Waals surface area contributed by atoms with Crippen LogP contribution in [0.4, 0.5) is 10.5 Å². The van der Waals surface area contributed by atoms with Gasteiger partial charge in [0.2, 0.25) is 0 Å². The van der Waals surface area contributed by atoms with E-state index in [0.717, 1.165) is 4.47 Å². The molecule has 6 nitrogen and oxygen atoms in total. The lowest BCUT2D eigenvalue weighted by atomic mass is 10.2. The molecule has 0 aliphatic heterocycles. The number of imidazole rings is 1. The van der Waals surface area contributed by atoms with Gasteiger partial charge in [-0.15, -0.1) is 0 Å². The van der Waals surface area contributed by atoms with Crippen LogP contribution in [-0.4, -0.2) is 41.3 Å². The molecule has 0 aliphatic carbocycles. The number of carbonyl (C=O) groups excluding carboxylic acids is 1. The highest BCUT2D eigenvalue weighted by molar-refractivity contribution is 9.10. The lowest BCUT2D eigenvalue weighted by molar-refractivity contribution is 0.0569. The fraction of sp³-hybridized carbons (Fsp3) is 0.467. The van der Waals surface area contributed by atoms with Gasteiger partial charge in [-0.1, -0.05) is 0 Å². The summed E-state index contributed by atoms with van der Waals surface area (Å²) in [4.78, 5) is 18.4. The highest BCUT2D eigenvalue weighted by Gasteiger charge is 2.25. The first-order chi connectivity index (χ1) is 10.3. The Hall–Kier alpha value is -1.60. The van der Waals surface area contributed by atoms with Crippen molar-refractivity contribution in [2.24, 2.45) is 0 Å². The Morgan fingerprint density at radius 2 is 2.18 bits per heavy atom. The summed E-state index contributed by atoms with van der Waals surface area (Å²) < 4.78 is 13.3. The van der Waals surface area contributed by atoms with Gasteiger partial charge in [-0.3, -0.25) is 4.90 Å². The molecule has 0 radical (unpaired) electrons. The number of halogens is 1. The molecule has 0 spiro atoms. The van der Waals surface area contributed by atoms with Gasteiger partial charge >= 0.3 is 6.09 Å². The second kappa shape index (κ2) is 6.66. The fourth-order valence-electron chi connectivity index (χ4n) is 1.99. The Morgan fingerprint density at radius 3 is 2.82 bits per heavy atom. The van der Waals surface area contributed by atoms with Crippen molar-refractivity contribution >= 4 is 33.4 Å². The molecule has 0 N–H and O–H groups in total. The van der Waals surface area contributed by atoms with E-state index in [-0.39, 0.29) is 0 Å². The normalized spacial score (nSPS) is 11.7. The summed E-state index contributed by atoms with van der Waals surface area (Å²) in [5, 5.41) is 0. The molecule has 22 heavy (non-hydrogen) atoms. The highest BCUT2D eigenvalue weighted by Crippen LogP contribution is 2.26. The van der Waals surface area contributed by atoms with Gasteiger partial charge in [-0.05, 0) is 42.8 Å². The van der Waals surface area contributed by atoms with Crippen molar-refractivity contribution in [3.8, 4) is 0 Å². The van der Waals surface area contributed by atoms with Gasteiger partial charge in [0.1, 0.15) is 5.60 Å². The maximum Gasteiger partial charge on any atom is 0.415 e. The Kier molecular flexibility index (Phi) is 5.08. The van der Waals surface area contributed by atoms with Crippen molar-refractivity contribution < 1.29 is 14.3 Å². The number of aromatic nitrogens is 2. The number of fused-ring (bicyclic) bond motifs is 1. The zero-order chi connectivity index (χ0) is 16.3. The molecule has 2 aromatic heterocycles. The number of hydrogen-bond acceptors (Lipinski definition) is 4. The van der Waals surface area contributed by atoms with Crippen molar-refractivity contribution in [3.05, 3.63) is 29.1 Å². The number of ether oxygens (including phenoxy) is 2. The molecule has 0 fully saturated rings. The van der Waals surface area contributed by atoms with Gasteiger partial charge in [0.05, 0.1) is 18.8 Å². The average Bonchev–Trinajstić information content (AvgIpc) is 2.84. The van der Waals surface area contributed by atoms with Crippen LogP contribution in [-0.2, 0) is 9.47 Å². The Balaban J connectivity index is 2.42. The summed E-state index contributed by atoms with van der Waals surface area (Å²) in [5.41, 5.74) is 0.788. The van der Waals surface area contributed by atoms with Crippen LogP contribution in [0, 0.1) is 0 Å². The third-order valence-electron chi connectivity index (χ3n) is 2.86. The molecule has 0 unspecified atom stereocenters. The van der Waals surface area contributed by atoms with Crippen molar-refractivity contribution in [2.45, 2.75) is 26.4 Å². The highest BCUT2D eigenvalue weighted by atomic mass is 79.9. The quantitative estimate of drug-likeness (QED) is 0.827. The predicted octanol–water partition coefficient (Wildman–Crippen LogP) is 3.48. The van der Waals surface area contributed by atoms with Crippen LogP contribution in [0.5, 0.6) is 0 Å². The van der Waals surface area contributed by atoms with E-state index in [1.54, 1.807) is 18.2 Å². The first-order valence-electron chi connectivity index (χ1n) is 6.93. The van der Waals surface area contributed by atoms with Crippen LogP contribution in [0.15, 0.2) is 29.1 Å². The molecule has 2 heterocycles. The smallest absolute Gasteiger partial charge is 0.415 e. The zero-order valence-corrected chi connectivity index (χ0v) is 14.8. The van der Waals surface area contributed by atoms with Gasteiger partial charge in [-0.2, -0.15) is 0 Å². The number of rotatable bonds is 4. The molecule has 2 aromatic rings. The fourth-order valence-corrected chi connectivity index (χ4v) is 2.43. The number of anilines is 1. The molecule has 2 rings (SSSR count). The van der Waals surface area contributed by atoms with Gasteiger partial charge in [0.25, 0.3) is 0 Å². The topological polar surface area (TPSA) is 56.1 Å². The van der Waals surface area contributed by atoms with Crippen LogP contribution in [0.25, 0.3) is 5.65 Å². The standard InChI is InChI=1S/C15H20BrN3O3/c1-15(2,3)22-14(20)19(7-8-21-4)12-9-11(16)10-18-6-5-17-13(12)18/h5-6,9-10H,7-8H2,1-4H3. The van der Waals surface area contributed by atoms with Gasteiger partial charge in [-0.25, -0.2) is 9.78 Å². The zero-order valence-electron chi connectivity index (χ0n) is 13.2. The molecule has 0 saturated heterocycles. The second-order valence-corrected chi connectivity index (χ2v) is 6.74. The monoisotopic (exact) mass is 369 g/mol. The van der Waals surface area contributed by atoms with E-state index in [1.165, 1.54) is 0 Å². The second-order valence-electron chi connectivity index (χ2n) is 5.83. The van der Waals surface area contributed by atoms with Crippen LogP contribution in [0.3, 0.4) is 0 Å². The summed E-state index contributed by atoms with van der Waals surface area (Å²) in [7, 11) is 1.60. The summed E-state index contributed by atoms with van der Waals surface area (Å²) in [6.07, 6.45) is 4.98. The maximum absolute atomic E-state index is 12.5. The lowest BCUT2D eigenvalue weighted by Gasteiger charge is -2.27. The largest absolute Gasteiger partial charge is 0.443 e. The van der Waals surface area contributed by atoms with E-state index in [4.69, 9.17) is 9.47 Å². The molecule has 0 aliphatic rings. The Labute approximate surface area is 138 Å². The molecule has 0 atom stereocenters. The summed E-state index contributed by atoms with van der Waals surface area (Å²) in [5.74, 6) is 0. The van der Waals surface area contributed by atoms with E-state index in [2.05, 4.69) is 20.9 Å². The molecule has 0 aromatic carbocycles. The number of hydrogen-bond donors (Lipinski definition) is 0. The third-order valence-corrected chi connectivity index (χ3v) is 3.29. The summed E-state index contributed by atoms with van der Waals surface area (Å²) in [6.45, 7) is 6.30. The molecule has 0 bridgehead atoms. The molecule has 120 valence electrons. The van der Waals surface area contributed by atoms with Gasteiger partial charge in [0, 0.05) is 30.2 Å². The predicted molar refractivity (Wildman–Crippen MR) is 88.3 cm³/mol. The molecular weight excluding hydrogens is 350 g/mol. The Bertz CT molecular complexity index is 664. The van der Waals surface area contributed by atoms with E-state index >= 15 is 0 Å². The first-order valence-corrected chi connectivity index (χ1v) is 7.73. The minimum atomic E-state index is -0.569. The minimum Gasteiger partial charge on any atom is -0.443 e. The number of nitrogens with zero attached hydrogens (tertiary/aromatic N) is 3. The molecule has 1 amide bonds. The molecular formula is C15H20BrN3O3. The van der Waals surface area contributed by atoms with Crippen LogP contribution in [0.1, 0.15) is 20.8 Å². The third kappa shape index (κ3) is 3.98. The SMILES string of the molecule is COCCN(C(=O)OC(C)(C)C)c1cc(Br)cn2ccnc12. The number of methoxy groups -OCH3 is 1. The van der Waals surface area contributed by atoms with Gasteiger partial charge < -0.3 is 13.9 Å². The number of carbonyl (C=O) groups is 1. The number of amides is 1. The summed E-state index contributed by atoms with van der Waals surface area (Å²) in [6, 6.07) is 1.85.